The van der Waals surface area contributed by atoms with Crippen LogP contribution in [0.2, 0.25) is 0 Å². The quantitative estimate of drug-likeness (QED) is 0.721. The molecule has 0 saturated carbocycles. The summed E-state index contributed by atoms with van der Waals surface area (Å²) in [6, 6.07) is 21.5. The second-order valence-electron chi connectivity index (χ2n) is 5.09. The molecule has 114 valence electrons. The average Bonchev–Trinajstić information content (AvgIpc) is 2.60. The van der Waals surface area contributed by atoms with Gasteiger partial charge in [0.1, 0.15) is 5.75 Å². The number of para-hydroxylation sites is 2. The van der Waals surface area contributed by atoms with Crippen LogP contribution in [0.5, 0.6) is 5.75 Å². The Kier molecular flexibility index (Phi) is 4.39. The molecule has 1 amide bonds. The molecule has 3 aromatic rings. The lowest BCUT2D eigenvalue weighted by atomic mass is 10.0. The van der Waals surface area contributed by atoms with Gasteiger partial charge in [-0.1, -0.05) is 54.6 Å². The molecule has 0 fully saturated rings. The largest absolute Gasteiger partial charge is 0.495 e. The molecule has 3 rings (SSSR count). The van der Waals surface area contributed by atoms with E-state index in [2.05, 4.69) is 17.4 Å². The van der Waals surface area contributed by atoms with E-state index in [1.54, 1.807) is 7.11 Å². The van der Waals surface area contributed by atoms with Crippen LogP contribution in [0.1, 0.15) is 5.56 Å². The van der Waals surface area contributed by atoms with Crippen molar-refractivity contribution in [1.82, 2.24) is 0 Å². The summed E-state index contributed by atoms with van der Waals surface area (Å²) >= 11 is 0. The molecule has 3 aromatic carbocycles. The van der Waals surface area contributed by atoms with Gasteiger partial charge in [0.05, 0.1) is 12.8 Å². The van der Waals surface area contributed by atoms with Gasteiger partial charge >= 0.3 is 0 Å². The van der Waals surface area contributed by atoms with E-state index in [4.69, 9.17) is 4.74 Å². The Morgan fingerprint density at radius 3 is 2.57 bits per heavy atom. The van der Waals surface area contributed by atoms with Gasteiger partial charge in [-0.25, -0.2) is 0 Å². The Labute approximate surface area is 135 Å². The fraction of sp³-hybridized carbons (Fsp3) is 0.0500. The first-order valence-corrected chi connectivity index (χ1v) is 7.38. The predicted molar refractivity (Wildman–Crippen MR) is 94.6 cm³/mol. The Balaban J connectivity index is 1.80. The number of rotatable bonds is 4. The highest BCUT2D eigenvalue weighted by Gasteiger charge is 2.04. The number of carbonyl (C=O) groups excluding carboxylic acids is 1. The van der Waals surface area contributed by atoms with Crippen LogP contribution >= 0.6 is 0 Å². The molecule has 0 aliphatic heterocycles. The molecular formula is C20H17NO2. The number of amides is 1. The number of benzene rings is 3. The molecule has 0 aliphatic carbocycles. The molecule has 0 atom stereocenters. The van der Waals surface area contributed by atoms with Crippen molar-refractivity contribution < 1.29 is 9.53 Å². The number of carbonyl (C=O) groups is 1. The van der Waals surface area contributed by atoms with Gasteiger partial charge in [-0.15, -0.1) is 0 Å². The standard InChI is InChI=1S/C20H17NO2/c1-23-19-12-5-4-11-18(19)21-20(22)14-13-16-9-6-8-15-7-2-3-10-17(15)16/h2-14H,1H3,(H,21,22)/b14-13-. The van der Waals surface area contributed by atoms with Crippen molar-refractivity contribution in [3.8, 4) is 5.75 Å². The van der Waals surface area contributed by atoms with E-state index in [9.17, 15) is 4.79 Å². The zero-order valence-electron chi connectivity index (χ0n) is 12.8. The normalized spacial score (nSPS) is 10.8. The SMILES string of the molecule is COc1ccccc1NC(=O)/C=C\c1cccc2ccccc12. The summed E-state index contributed by atoms with van der Waals surface area (Å²) in [5, 5.41) is 5.10. The van der Waals surface area contributed by atoms with Crippen LogP contribution in [0.3, 0.4) is 0 Å². The summed E-state index contributed by atoms with van der Waals surface area (Å²) in [6.45, 7) is 0. The Morgan fingerprint density at radius 1 is 0.957 bits per heavy atom. The van der Waals surface area contributed by atoms with Crippen LogP contribution < -0.4 is 10.1 Å². The highest BCUT2D eigenvalue weighted by molar-refractivity contribution is 6.04. The zero-order chi connectivity index (χ0) is 16.1. The number of ether oxygens (including phenoxy) is 1. The van der Waals surface area contributed by atoms with E-state index in [1.165, 1.54) is 6.08 Å². The maximum Gasteiger partial charge on any atom is 0.248 e. The van der Waals surface area contributed by atoms with Crippen LogP contribution in [0.25, 0.3) is 16.8 Å². The van der Waals surface area contributed by atoms with Crippen molar-refractivity contribution in [3.05, 3.63) is 78.4 Å². The number of nitrogens with one attached hydrogen (secondary N) is 1. The van der Waals surface area contributed by atoms with E-state index in [1.807, 2.05) is 60.7 Å². The third-order valence-corrected chi connectivity index (χ3v) is 3.60. The maximum atomic E-state index is 12.1. The lowest BCUT2D eigenvalue weighted by molar-refractivity contribution is -0.111. The minimum atomic E-state index is -0.192. The van der Waals surface area contributed by atoms with Crippen molar-refractivity contribution >= 4 is 28.4 Å². The molecule has 0 heterocycles. The van der Waals surface area contributed by atoms with Gasteiger partial charge in [0.15, 0.2) is 0 Å². The average molecular weight is 303 g/mol. The van der Waals surface area contributed by atoms with E-state index in [0.717, 1.165) is 16.3 Å². The Hall–Kier alpha value is -3.07. The number of hydrogen-bond acceptors (Lipinski definition) is 2. The molecule has 0 unspecified atom stereocenters. The predicted octanol–water partition coefficient (Wildman–Crippen LogP) is 4.50. The van der Waals surface area contributed by atoms with Crippen molar-refractivity contribution in [2.75, 3.05) is 12.4 Å². The third-order valence-electron chi connectivity index (χ3n) is 3.60. The monoisotopic (exact) mass is 303 g/mol. The molecule has 1 N–H and O–H groups in total. The van der Waals surface area contributed by atoms with Crippen molar-refractivity contribution in [2.45, 2.75) is 0 Å². The second kappa shape index (κ2) is 6.79. The molecular weight excluding hydrogens is 286 g/mol. The Morgan fingerprint density at radius 2 is 1.70 bits per heavy atom. The summed E-state index contributed by atoms with van der Waals surface area (Å²) in [5.41, 5.74) is 1.67. The molecule has 0 bridgehead atoms. The number of methoxy groups -OCH3 is 1. The summed E-state index contributed by atoms with van der Waals surface area (Å²) in [7, 11) is 1.58. The fourth-order valence-electron chi connectivity index (χ4n) is 2.48. The van der Waals surface area contributed by atoms with Gasteiger partial charge in [-0.05, 0) is 34.5 Å². The first-order valence-electron chi connectivity index (χ1n) is 7.38. The summed E-state index contributed by atoms with van der Waals surface area (Å²) in [4.78, 5) is 12.1. The Bertz CT molecular complexity index is 863. The van der Waals surface area contributed by atoms with Gasteiger partial charge in [0, 0.05) is 6.08 Å². The van der Waals surface area contributed by atoms with Crippen LogP contribution in [-0.4, -0.2) is 13.0 Å². The van der Waals surface area contributed by atoms with Crippen molar-refractivity contribution in [2.24, 2.45) is 0 Å². The summed E-state index contributed by atoms with van der Waals surface area (Å²) in [5.74, 6) is 0.446. The molecule has 0 saturated heterocycles. The molecule has 3 nitrogen and oxygen atoms in total. The summed E-state index contributed by atoms with van der Waals surface area (Å²) < 4.78 is 5.23. The van der Waals surface area contributed by atoms with E-state index in [0.29, 0.717) is 11.4 Å². The number of fused-ring (bicyclic) bond motifs is 1. The first kappa shape index (κ1) is 14.9. The van der Waals surface area contributed by atoms with Gasteiger partial charge in [0.25, 0.3) is 0 Å². The van der Waals surface area contributed by atoms with Crippen molar-refractivity contribution in [1.29, 1.82) is 0 Å². The van der Waals surface area contributed by atoms with Crippen LogP contribution in [0, 0.1) is 0 Å². The molecule has 0 radical (unpaired) electrons. The number of anilines is 1. The van der Waals surface area contributed by atoms with Gasteiger partial charge in [-0.2, -0.15) is 0 Å². The van der Waals surface area contributed by atoms with E-state index in [-0.39, 0.29) is 5.91 Å². The van der Waals surface area contributed by atoms with Crippen LogP contribution in [0.15, 0.2) is 72.8 Å². The lowest BCUT2D eigenvalue weighted by Gasteiger charge is -2.08. The van der Waals surface area contributed by atoms with Crippen LogP contribution in [0.4, 0.5) is 5.69 Å². The first-order chi connectivity index (χ1) is 11.3. The van der Waals surface area contributed by atoms with E-state index < -0.39 is 0 Å². The smallest absolute Gasteiger partial charge is 0.248 e. The number of hydrogen-bond donors (Lipinski definition) is 1. The highest BCUT2D eigenvalue weighted by atomic mass is 16.5. The fourth-order valence-corrected chi connectivity index (χ4v) is 2.48. The molecule has 0 aliphatic rings. The molecule has 0 aromatic heterocycles. The lowest BCUT2D eigenvalue weighted by Crippen LogP contribution is -2.08. The van der Waals surface area contributed by atoms with E-state index >= 15 is 0 Å². The topological polar surface area (TPSA) is 38.3 Å². The third kappa shape index (κ3) is 3.40. The molecule has 3 heteroatoms. The summed E-state index contributed by atoms with van der Waals surface area (Å²) in [6.07, 6.45) is 3.36. The zero-order valence-corrected chi connectivity index (χ0v) is 12.8. The highest BCUT2D eigenvalue weighted by Crippen LogP contribution is 2.23. The van der Waals surface area contributed by atoms with Gasteiger partial charge in [-0.3, -0.25) is 4.79 Å². The minimum Gasteiger partial charge on any atom is -0.495 e. The second-order valence-corrected chi connectivity index (χ2v) is 5.09. The minimum absolute atomic E-state index is 0.192. The maximum absolute atomic E-state index is 12.1. The molecule has 23 heavy (non-hydrogen) atoms. The van der Waals surface area contributed by atoms with Crippen molar-refractivity contribution in [3.63, 3.8) is 0 Å². The van der Waals surface area contributed by atoms with Gasteiger partial charge < -0.3 is 10.1 Å². The molecule has 0 spiro atoms. The van der Waals surface area contributed by atoms with Gasteiger partial charge in [0.2, 0.25) is 5.91 Å². The van der Waals surface area contributed by atoms with Crippen LogP contribution in [-0.2, 0) is 4.79 Å².